The molecule has 1 saturated carbocycles. The lowest BCUT2D eigenvalue weighted by Crippen LogP contribution is -2.33. The number of aromatic nitrogens is 4. The Morgan fingerprint density at radius 1 is 1.39 bits per heavy atom. The fraction of sp³-hybridized carbons (Fsp3) is 0.364. The Hall–Kier alpha value is -2.78. The number of carbonyl (C=O) groups is 1. The average molecular weight is 583 g/mol. The molecule has 0 bridgehead atoms. The zero-order valence-corrected chi connectivity index (χ0v) is 21.5. The largest absolute Gasteiger partial charge is 0.390 e. The van der Waals surface area contributed by atoms with Gasteiger partial charge in [0.1, 0.15) is 24.0 Å². The van der Waals surface area contributed by atoms with Crippen LogP contribution in [-0.4, -0.2) is 64.0 Å². The van der Waals surface area contributed by atoms with Crippen molar-refractivity contribution in [3.63, 3.8) is 0 Å². The molecule has 0 spiro atoms. The molecule has 0 amide bonds. The predicted octanol–water partition coefficient (Wildman–Crippen LogP) is 1.74. The number of nitrogens with two attached hydrogens (primary N) is 1. The van der Waals surface area contributed by atoms with Crippen molar-refractivity contribution < 1.29 is 26.9 Å². The van der Waals surface area contributed by atoms with E-state index in [1.807, 2.05) is 31.2 Å². The van der Waals surface area contributed by atoms with Crippen LogP contribution >= 0.6 is 15.9 Å². The molecule has 2 aromatic heterocycles. The van der Waals surface area contributed by atoms with E-state index in [-0.39, 0.29) is 23.5 Å². The van der Waals surface area contributed by atoms with Crippen molar-refractivity contribution in [3.8, 4) is 0 Å². The van der Waals surface area contributed by atoms with Crippen molar-refractivity contribution in [2.45, 2.75) is 38.2 Å². The number of hydrogen-bond donors (Lipinski definition) is 3. The van der Waals surface area contributed by atoms with E-state index < -0.39 is 46.9 Å². The number of aliphatic hydroxyl groups excluding tert-OH is 1. The summed E-state index contributed by atoms with van der Waals surface area (Å²) in [7, 11) is -4.23. The van der Waals surface area contributed by atoms with Gasteiger partial charge in [-0.2, -0.15) is 13.5 Å². The third-order valence-corrected chi connectivity index (χ3v) is 6.87. The number of halogens is 2. The second-order valence-electron chi connectivity index (χ2n) is 8.53. The minimum atomic E-state index is -4.23. The summed E-state index contributed by atoms with van der Waals surface area (Å²) < 4.78 is 44.0. The van der Waals surface area contributed by atoms with Gasteiger partial charge in [0.2, 0.25) is 5.78 Å². The van der Waals surface area contributed by atoms with E-state index in [4.69, 9.17) is 5.14 Å². The number of nitrogens with one attached hydrogen (secondary N) is 1. The van der Waals surface area contributed by atoms with E-state index in [1.54, 1.807) is 10.7 Å². The molecule has 4 rings (SSSR count). The number of alkyl halides is 1. The molecule has 0 unspecified atom stereocenters. The second-order valence-corrected chi connectivity index (χ2v) is 10.7. The van der Waals surface area contributed by atoms with Crippen molar-refractivity contribution in [1.29, 1.82) is 0 Å². The molecule has 11 nitrogen and oxygen atoms in total. The number of ketones is 1. The Kier molecular flexibility index (Phi) is 7.80. The van der Waals surface area contributed by atoms with Crippen LogP contribution in [0.4, 0.5) is 10.2 Å². The lowest BCUT2D eigenvalue weighted by atomic mass is 10.1. The molecule has 1 fully saturated rings. The highest BCUT2D eigenvalue weighted by atomic mass is 79.9. The number of benzene rings is 1. The summed E-state index contributed by atoms with van der Waals surface area (Å²) in [5, 5.41) is 22.3. The Balaban J connectivity index is 1.51. The van der Waals surface area contributed by atoms with Gasteiger partial charge in [0, 0.05) is 22.3 Å². The van der Waals surface area contributed by atoms with Crippen LogP contribution in [0.5, 0.6) is 0 Å². The average Bonchev–Trinajstić information content (AvgIpc) is 3.31. The van der Waals surface area contributed by atoms with E-state index >= 15 is 0 Å². The number of aryl methyl sites for hydroxylation is 1. The van der Waals surface area contributed by atoms with Gasteiger partial charge in [-0.05, 0) is 37.1 Å². The quantitative estimate of drug-likeness (QED) is 0.319. The van der Waals surface area contributed by atoms with Crippen LogP contribution in [0.25, 0.3) is 0 Å². The Morgan fingerprint density at radius 2 is 2.17 bits per heavy atom. The maximum absolute atomic E-state index is 14.8. The monoisotopic (exact) mass is 582 g/mol. The summed E-state index contributed by atoms with van der Waals surface area (Å²) in [5.74, 6) is -1.22. The van der Waals surface area contributed by atoms with Crippen molar-refractivity contribution >= 4 is 37.8 Å². The molecule has 2 heterocycles. The fourth-order valence-corrected chi connectivity index (χ4v) is 4.91. The summed E-state index contributed by atoms with van der Waals surface area (Å²) in [5.41, 5.74) is 2.01. The number of carbonyl (C=O) groups excluding carboxylic acids is 1. The van der Waals surface area contributed by atoms with E-state index in [2.05, 4.69) is 40.5 Å². The third kappa shape index (κ3) is 6.13. The minimum absolute atomic E-state index is 0.0237. The van der Waals surface area contributed by atoms with E-state index in [0.29, 0.717) is 6.54 Å². The van der Waals surface area contributed by atoms with Gasteiger partial charge in [-0.25, -0.2) is 19.5 Å². The standard InChI is InChI=1S/C22H24BrFN6O5S/c1-12-5-18(29-30(12)9-13-3-2-4-15(23)6-13)21(32)16-8-26-11-27-22(16)28-17-7-14(20(31)19(17)24)10-35-36(25,33)34/h2-6,8,11,14,17,19-20,31H,7,9-10H2,1H3,(H2,25,33,34)(H,26,27,28)/t14-,17-,19-,20-/m1/s1. The van der Waals surface area contributed by atoms with Gasteiger partial charge in [-0.15, -0.1) is 0 Å². The van der Waals surface area contributed by atoms with Gasteiger partial charge in [-0.3, -0.25) is 13.7 Å². The SMILES string of the molecule is Cc1cc(C(=O)c2cncnc2N[C@@H]2C[C@H](COS(N)(=O)=O)[C@@H](O)[C@@H]2F)nn1Cc1cccc(Br)c1. The van der Waals surface area contributed by atoms with Crippen molar-refractivity contribution in [2.75, 3.05) is 11.9 Å². The van der Waals surface area contributed by atoms with Crippen molar-refractivity contribution in [2.24, 2.45) is 11.1 Å². The molecule has 1 aliphatic rings. The minimum Gasteiger partial charge on any atom is -0.390 e. The lowest BCUT2D eigenvalue weighted by Gasteiger charge is -2.18. The second kappa shape index (κ2) is 10.7. The van der Waals surface area contributed by atoms with Gasteiger partial charge in [-0.1, -0.05) is 28.1 Å². The third-order valence-electron chi connectivity index (χ3n) is 5.91. The first-order chi connectivity index (χ1) is 17.0. The maximum atomic E-state index is 14.8. The number of anilines is 1. The van der Waals surface area contributed by atoms with E-state index in [9.17, 15) is 22.7 Å². The molecule has 1 aliphatic carbocycles. The van der Waals surface area contributed by atoms with E-state index in [1.165, 1.54) is 12.5 Å². The Bertz CT molecular complexity index is 1370. The van der Waals surface area contributed by atoms with Crippen LogP contribution in [0.1, 0.15) is 33.7 Å². The lowest BCUT2D eigenvalue weighted by molar-refractivity contribution is 0.0501. The maximum Gasteiger partial charge on any atom is 0.333 e. The van der Waals surface area contributed by atoms with Gasteiger partial charge in [0.15, 0.2) is 0 Å². The summed E-state index contributed by atoms with van der Waals surface area (Å²) in [4.78, 5) is 21.3. The number of rotatable bonds is 9. The normalized spacial score (nSPS) is 22.0. The van der Waals surface area contributed by atoms with Crippen LogP contribution < -0.4 is 10.5 Å². The summed E-state index contributed by atoms with van der Waals surface area (Å²) in [6.45, 7) is 1.82. The summed E-state index contributed by atoms with van der Waals surface area (Å²) >= 11 is 3.44. The Morgan fingerprint density at radius 3 is 2.89 bits per heavy atom. The van der Waals surface area contributed by atoms with Crippen LogP contribution in [-0.2, 0) is 21.0 Å². The molecule has 0 saturated heterocycles. The first-order valence-corrected chi connectivity index (χ1v) is 13.2. The number of aliphatic hydroxyl groups is 1. The smallest absolute Gasteiger partial charge is 0.333 e. The van der Waals surface area contributed by atoms with Gasteiger partial charge < -0.3 is 10.4 Å². The van der Waals surface area contributed by atoms with Crippen LogP contribution in [0, 0.1) is 12.8 Å². The molecule has 192 valence electrons. The molecule has 4 atom stereocenters. The highest BCUT2D eigenvalue weighted by Crippen LogP contribution is 2.32. The zero-order chi connectivity index (χ0) is 26.0. The molecule has 0 radical (unpaired) electrons. The van der Waals surface area contributed by atoms with Crippen molar-refractivity contribution in [1.82, 2.24) is 19.7 Å². The van der Waals surface area contributed by atoms with Crippen LogP contribution in [0.3, 0.4) is 0 Å². The van der Waals surface area contributed by atoms with Gasteiger partial charge in [0.05, 0.1) is 30.9 Å². The summed E-state index contributed by atoms with van der Waals surface area (Å²) in [6, 6.07) is 8.43. The van der Waals surface area contributed by atoms with Crippen molar-refractivity contribution in [3.05, 3.63) is 69.8 Å². The number of nitrogens with zero attached hydrogens (tertiary/aromatic N) is 4. The molecule has 1 aromatic carbocycles. The molecule has 14 heteroatoms. The Labute approximate surface area is 215 Å². The highest BCUT2D eigenvalue weighted by molar-refractivity contribution is 9.10. The van der Waals surface area contributed by atoms with Crippen LogP contribution in [0.15, 0.2) is 47.3 Å². The molecular formula is C22H24BrFN6O5S. The molecule has 0 aliphatic heterocycles. The zero-order valence-electron chi connectivity index (χ0n) is 19.1. The molecular weight excluding hydrogens is 559 g/mol. The fourth-order valence-electron chi connectivity index (χ4n) is 4.09. The molecule has 3 aromatic rings. The van der Waals surface area contributed by atoms with E-state index in [0.717, 1.165) is 15.7 Å². The van der Waals surface area contributed by atoms with Gasteiger partial charge >= 0.3 is 10.3 Å². The first-order valence-electron chi connectivity index (χ1n) is 10.9. The van der Waals surface area contributed by atoms with Crippen LogP contribution in [0.2, 0.25) is 0 Å². The summed E-state index contributed by atoms with van der Waals surface area (Å²) in [6.07, 6.45) is -0.711. The topological polar surface area (TPSA) is 162 Å². The number of hydrogen-bond acceptors (Lipinski definition) is 9. The predicted molar refractivity (Wildman–Crippen MR) is 131 cm³/mol. The highest BCUT2D eigenvalue weighted by Gasteiger charge is 2.44. The first kappa shape index (κ1) is 26.3. The molecule has 4 N–H and O–H groups in total. The van der Waals surface area contributed by atoms with Gasteiger partial charge in [0.25, 0.3) is 0 Å². The molecule has 36 heavy (non-hydrogen) atoms.